The fraction of sp³-hybridized carbons (Fsp3) is 0.189. The minimum absolute atomic E-state index is 0.293. The molecule has 0 saturated carbocycles. The number of piperidine rings is 1. The molecule has 48 heavy (non-hydrogen) atoms. The standard InChI is InChI=1S/C37H32Cl2N6O3/c1-3-5-7-21(4-2)31-34-30-29-26(33(45(34)20-41-31)22-9-11-24(38)12-10-22)18-25(39)19-28(29)42-32(30)36(46)43-27-8-6-15-40-35(27)44-16-13-23(14-17-44)37(47)48/h3-12,15,18-20,23,33,42H,1,13-14,16-17H2,2H3,(H,43,46)(H,47,48)/b7-5-,21-4+. The van der Waals surface area contributed by atoms with Gasteiger partial charge >= 0.3 is 5.97 Å². The maximum Gasteiger partial charge on any atom is 0.306 e. The first-order chi connectivity index (χ1) is 23.3. The number of allylic oxidation sites excluding steroid dienone is 5. The third kappa shape index (κ3) is 5.48. The third-order valence-electron chi connectivity index (χ3n) is 9.08. The molecule has 0 radical (unpaired) electrons. The van der Waals surface area contributed by atoms with Crippen LogP contribution in [-0.2, 0) is 4.79 Å². The summed E-state index contributed by atoms with van der Waals surface area (Å²) in [4.78, 5) is 40.9. The number of carboxylic acid groups (broad SMARTS) is 1. The van der Waals surface area contributed by atoms with Crippen LogP contribution in [0, 0.1) is 5.92 Å². The zero-order valence-electron chi connectivity index (χ0n) is 26.1. The topological polar surface area (TPSA) is 116 Å². The molecule has 0 aliphatic carbocycles. The number of nitrogens with one attached hydrogen (secondary N) is 2. The molecule has 5 aromatic rings. The van der Waals surface area contributed by atoms with Crippen LogP contribution >= 0.6 is 23.2 Å². The van der Waals surface area contributed by atoms with Gasteiger partial charge in [-0.1, -0.05) is 66.2 Å². The number of amides is 1. The third-order valence-corrected chi connectivity index (χ3v) is 9.55. The lowest BCUT2D eigenvalue weighted by atomic mass is 9.87. The Hall–Kier alpha value is -5.12. The smallest absolute Gasteiger partial charge is 0.306 e. The fourth-order valence-corrected chi connectivity index (χ4v) is 7.21. The van der Waals surface area contributed by atoms with Gasteiger partial charge in [-0.2, -0.15) is 0 Å². The number of aromatic nitrogens is 4. The molecule has 0 bridgehead atoms. The number of carbonyl (C=O) groups is 2. The van der Waals surface area contributed by atoms with Gasteiger partial charge in [0.05, 0.1) is 35.4 Å². The predicted molar refractivity (Wildman–Crippen MR) is 191 cm³/mol. The summed E-state index contributed by atoms with van der Waals surface area (Å²) in [5.74, 6) is -0.926. The Bertz CT molecular complexity index is 2140. The number of hydrogen-bond acceptors (Lipinski definition) is 5. The van der Waals surface area contributed by atoms with Crippen LogP contribution in [0.2, 0.25) is 10.0 Å². The number of hydrogen-bond donors (Lipinski definition) is 3. The summed E-state index contributed by atoms with van der Waals surface area (Å²) in [7, 11) is 0. The summed E-state index contributed by atoms with van der Waals surface area (Å²) < 4.78 is 2.09. The quantitative estimate of drug-likeness (QED) is 0.139. The number of imidazole rings is 1. The van der Waals surface area contributed by atoms with Gasteiger partial charge in [0.2, 0.25) is 0 Å². The molecule has 9 nitrogen and oxygen atoms in total. The summed E-state index contributed by atoms with van der Waals surface area (Å²) >= 11 is 13.0. The van der Waals surface area contributed by atoms with Crippen molar-refractivity contribution < 1.29 is 14.7 Å². The summed E-state index contributed by atoms with van der Waals surface area (Å²) in [5, 5.41) is 14.6. The summed E-state index contributed by atoms with van der Waals surface area (Å²) in [5.41, 5.74) is 6.61. The van der Waals surface area contributed by atoms with Gasteiger partial charge in [-0.15, -0.1) is 0 Å². The highest BCUT2D eigenvalue weighted by molar-refractivity contribution is 6.32. The monoisotopic (exact) mass is 678 g/mol. The van der Waals surface area contributed by atoms with Gasteiger partial charge in [-0.05, 0) is 72.9 Å². The molecule has 2 aliphatic rings. The number of carbonyl (C=O) groups excluding carboxylic acids is 1. The Labute approximate surface area is 287 Å². The van der Waals surface area contributed by atoms with Crippen molar-refractivity contribution in [1.29, 1.82) is 0 Å². The highest BCUT2D eigenvalue weighted by atomic mass is 35.5. The van der Waals surface area contributed by atoms with Crippen LogP contribution < -0.4 is 10.2 Å². The second kappa shape index (κ2) is 12.8. The van der Waals surface area contributed by atoms with Gasteiger partial charge in [0.1, 0.15) is 5.69 Å². The number of fused-ring (bicyclic) bond motifs is 2. The van der Waals surface area contributed by atoms with Crippen LogP contribution in [0.3, 0.4) is 0 Å². The summed E-state index contributed by atoms with van der Waals surface area (Å²) in [6.45, 7) is 6.83. The molecule has 5 heterocycles. The van der Waals surface area contributed by atoms with Gasteiger partial charge in [0.15, 0.2) is 5.82 Å². The minimum atomic E-state index is -0.783. The number of aromatic amines is 1. The molecule has 7 rings (SSSR count). The number of benzene rings is 2. The SMILES string of the molecule is C=C/C=C\C(=C/C)c1ncn2c1-c1c(C(=O)Nc3cccnc3N3CCC(C(=O)O)CC3)[nH]c3cc(Cl)cc(c13)C2c1ccc(Cl)cc1. The van der Waals surface area contributed by atoms with E-state index in [1.165, 1.54) is 0 Å². The Kier molecular flexibility index (Phi) is 8.41. The molecule has 1 atom stereocenters. The zero-order valence-corrected chi connectivity index (χ0v) is 27.6. The second-order valence-electron chi connectivity index (χ2n) is 11.9. The molecular formula is C37H32Cl2N6O3. The largest absolute Gasteiger partial charge is 0.481 e. The number of H-pyrrole nitrogens is 1. The van der Waals surface area contributed by atoms with E-state index in [2.05, 4.69) is 26.4 Å². The van der Waals surface area contributed by atoms with Crippen molar-refractivity contribution in [3.8, 4) is 11.3 Å². The van der Waals surface area contributed by atoms with Crippen LogP contribution in [0.1, 0.15) is 53.1 Å². The number of nitrogens with zero attached hydrogens (tertiary/aromatic N) is 4. The molecule has 3 aromatic heterocycles. The van der Waals surface area contributed by atoms with Gasteiger partial charge in [-0.25, -0.2) is 9.97 Å². The number of anilines is 2. The Morgan fingerprint density at radius 2 is 1.85 bits per heavy atom. The molecule has 3 N–H and O–H groups in total. The van der Waals surface area contributed by atoms with Crippen LogP contribution in [0.25, 0.3) is 27.7 Å². The van der Waals surface area contributed by atoms with Crippen molar-refractivity contribution in [3.63, 3.8) is 0 Å². The van der Waals surface area contributed by atoms with E-state index in [-0.39, 0.29) is 17.9 Å². The Balaban J connectivity index is 1.38. The average Bonchev–Trinajstić information content (AvgIpc) is 3.69. The van der Waals surface area contributed by atoms with E-state index < -0.39 is 5.97 Å². The lowest BCUT2D eigenvalue weighted by Gasteiger charge is -2.32. The lowest BCUT2D eigenvalue weighted by Crippen LogP contribution is -2.37. The maximum atomic E-state index is 14.4. The summed E-state index contributed by atoms with van der Waals surface area (Å²) in [6.07, 6.45) is 12.0. The number of carboxylic acids is 1. The van der Waals surface area contributed by atoms with Crippen LogP contribution in [0.5, 0.6) is 0 Å². The molecular weight excluding hydrogens is 647 g/mol. The van der Waals surface area contributed by atoms with E-state index in [9.17, 15) is 14.7 Å². The molecule has 2 aromatic carbocycles. The number of halogens is 2. The van der Waals surface area contributed by atoms with E-state index in [4.69, 9.17) is 28.2 Å². The zero-order chi connectivity index (χ0) is 33.5. The predicted octanol–water partition coefficient (Wildman–Crippen LogP) is 8.38. The number of aliphatic carboxylic acids is 1. The normalized spacial score (nSPS) is 16.4. The van der Waals surface area contributed by atoms with Crippen LogP contribution in [-0.4, -0.2) is 49.6 Å². The first-order valence-electron chi connectivity index (χ1n) is 15.7. The number of rotatable bonds is 8. The van der Waals surface area contributed by atoms with E-state index in [0.717, 1.165) is 33.3 Å². The molecule has 1 saturated heterocycles. The van der Waals surface area contributed by atoms with E-state index in [1.54, 1.807) is 24.7 Å². The molecule has 1 fully saturated rings. The van der Waals surface area contributed by atoms with Gasteiger partial charge < -0.3 is 24.9 Å². The molecule has 242 valence electrons. The molecule has 11 heteroatoms. The van der Waals surface area contributed by atoms with E-state index >= 15 is 0 Å². The van der Waals surface area contributed by atoms with Crippen LogP contribution in [0.4, 0.5) is 11.5 Å². The Morgan fingerprint density at radius 1 is 1.08 bits per heavy atom. The fourth-order valence-electron chi connectivity index (χ4n) is 6.85. The van der Waals surface area contributed by atoms with Crippen molar-refractivity contribution in [2.45, 2.75) is 25.8 Å². The van der Waals surface area contributed by atoms with Gasteiger partial charge in [0.25, 0.3) is 5.91 Å². The lowest BCUT2D eigenvalue weighted by molar-refractivity contribution is -0.142. The highest BCUT2D eigenvalue weighted by Gasteiger charge is 2.36. The summed E-state index contributed by atoms with van der Waals surface area (Å²) in [6, 6.07) is 14.8. The van der Waals surface area contributed by atoms with E-state index in [0.29, 0.717) is 64.4 Å². The molecule has 0 spiro atoms. The van der Waals surface area contributed by atoms with Crippen molar-refractivity contribution in [1.82, 2.24) is 19.5 Å². The first-order valence-corrected chi connectivity index (χ1v) is 16.4. The van der Waals surface area contributed by atoms with Crippen molar-refractivity contribution >= 4 is 63.1 Å². The minimum Gasteiger partial charge on any atom is -0.481 e. The van der Waals surface area contributed by atoms with Crippen molar-refractivity contribution in [2.75, 3.05) is 23.3 Å². The van der Waals surface area contributed by atoms with Crippen molar-refractivity contribution in [3.05, 3.63) is 124 Å². The highest BCUT2D eigenvalue weighted by Crippen LogP contribution is 2.49. The van der Waals surface area contributed by atoms with Gasteiger partial charge in [0, 0.05) is 45.8 Å². The van der Waals surface area contributed by atoms with Gasteiger partial charge in [-0.3, -0.25) is 9.59 Å². The van der Waals surface area contributed by atoms with Crippen LogP contribution in [0.15, 0.2) is 91.9 Å². The molecule has 1 amide bonds. The molecule has 2 aliphatic heterocycles. The van der Waals surface area contributed by atoms with Crippen molar-refractivity contribution in [2.24, 2.45) is 5.92 Å². The second-order valence-corrected chi connectivity index (χ2v) is 12.7. The number of pyridine rings is 1. The Morgan fingerprint density at radius 3 is 2.56 bits per heavy atom. The molecule has 1 unspecified atom stereocenters. The first kappa shape index (κ1) is 31.5. The maximum absolute atomic E-state index is 14.4. The van der Waals surface area contributed by atoms with E-state index in [1.807, 2.05) is 72.5 Å². The average molecular weight is 680 g/mol.